The van der Waals surface area contributed by atoms with Crippen LogP contribution in [-0.4, -0.2) is 41.1 Å². The summed E-state index contributed by atoms with van der Waals surface area (Å²) in [6, 6.07) is 13.0. The second kappa shape index (κ2) is 7.71. The molecule has 2 aromatic carbocycles. The van der Waals surface area contributed by atoms with Gasteiger partial charge in [0, 0.05) is 5.69 Å². The van der Waals surface area contributed by atoms with Crippen LogP contribution in [0.4, 0.5) is 19.3 Å². The molecule has 0 bridgehead atoms. The minimum Gasteiger partial charge on any atom is -0.435 e. The Kier molecular flexibility index (Phi) is 5.36. The summed E-state index contributed by atoms with van der Waals surface area (Å²) in [6.07, 6.45) is -1.15. The lowest BCUT2D eigenvalue weighted by Crippen LogP contribution is -2.36. The number of halogens is 2. The van der Waals surface area contributed by atoms with Crippen molar-refractivity contribution >= 4 is 17.6 Å². The maximum Gasteiger partial charge on any atom is 0.387 e. The second-order valence-electron chi connectivity index (χ2n) is 6.08. The number of carbonyl (C=O) groups excluding carboxylic acids is 2. The average molecular weight is 376 g/mol. The Labute approximate surface area is 154 Å². The number of alkyl halides is 2. The summed E-state index contributed by atoms with van der Waals surface area (Å²) in [5.41, 5.74) is 0.969. The van der Waals surface area contributed by atoms with Gasteiger partial charge < -0.3 is 9.84 Å². The van der Waals surface area contributed by atoms with Crippen molar-refractivity contribution in [1.82, 2.24) is 4.90 Å². The van der Waals surface area contributed by atoms with Crippen molar-refractivity contribution in [2.45, 2.75) is 25.7 Å². The Balaban J connectivity index is 1.73. The van der Waals surface area contributed by atoms with E-state index in [1.54, 1.807) is 37.3 Å². The van der Waals surface area contributed by atoms with Gasteiger partial charge in [0.25, 0.3) is 5.91 Å². The first kappa shape index (κ1) is 18.8. The molecule has 1 heterocycles. The molecule has 2 aromatic rings. The fourth-order valence-electron chi connectivity index (χ4n) is 2.97. The molecular weight excluding hydrogens is 358 g/mol. The molecule has 6 nitrogen and oxygen atoms in total. The number of nitrogens with zero attached hydrogens (tertiary/aromatic N) is 2. The van der Waals surface area contributed by atoms with Crippen molar-refractivity contribution < 1.29 is 28.2 Å². The summed E-state index contributed by atoms with van der Waals surface area (Å²) >= 11 is 0. The number of carbonyl (C=O) groups is 2. The number of imide groups is 1. The fourth-order valence-corrected chi connectivity index (χ4v) is 2.97. The molecular formula is C19H18F2N2O4. The van der Waals surface area contributed by atoms with Crippen LogP contribution in [0.1, 0.15) is 18.6 Å². The molecule has 3 rings (SSSR count). The van der Waals surface area contributed by atoms with Crippen LogP contribution in [0.25, 0.3) is 0 Å². The van der Waals surface area contributed by atoms with E-state index in [1.165, 1.54) is 29.2 Å². The molecule has 1 saturated heterocycles. The number of benzene rings is 2. The zero-order chi connectivity index (χ0) is 19.6. The van der Waals surface area contributed by atoms with Crippen molar-refractivity contribution in [1.29, 1.82) is 0 Å². The molecule has 27 heavy (non-hydrogen) atoms. The van der Waals surface area contributed by atoms with Crippen LogP contribution in [0, 0.1) is 0 Å². The highest BCUT2D eigenvalue weighted by molar-refractivity contribution is 6.14. The van der Waals surface area contributed by atoms with E-state index >= 15 is 0 Å². The number of amides is 3. The summed E-state index contributed by atoms with van der Waals surface area (Å²) in [5, 5.41) is 10.4. The van der Waals surface area contributed by atoms with Crippen molar-refractivity contribution in [3.8, 4) is 5.75 Å². The molecule has 1 aliphatic heterocycles. The first-order valence-electron chi connectivity index (χ1n) is 8.31. The van der Waals surface area contributed by atoms with Crippen LogP contribution in [0.15, 0.2) is 54.6 Å². The van der Waals surface area contributed by atoms with Crippen LogP contribution in [0.5, 0.6) is 5.75 Å². The maximum absolute atomic E-state index is 12.7. The van der Waals surface area contributed by atoms with Crippen LogP contribution in [0.2, 0.25) is 0 Å². The third kappa shape index (κ3) is 3.90. The van der Waals surface area contributed by atoms with Gasteiger partial charge in [0.2, 0.25) is 0 Å². The number of ether oxygens (including phenoxy) is 1. The maximum atomic E-state index is 12.7. The molecule has 142 valence electrons. The number of anilines is 1. The molecule has 3 amide bonds. The van der Waals surface area contributed by atoms with Gasteiger partial charge in [-0.05, 0) is 36.8 Å². The van der Waals surface area contributed by atoms with Crippen molar-refractivity contribution in [2.75, 3.05) is 11.4 Å². The highest BCUT2D eigenvalue weighted by Crippen LogP contribution is 2.28. The average Bonchev–Trinajstić information content (AvgIpc) is 2.86. The van der Waals surface area contributed by atoms with Gasteiger partial charge in [0.15, 0.2) is 0 Å². The molecule has 1 aliphatic rings. The number of β-amino-alcohol motifs (C(OH)–C–C–N with tert-alkyl or cyclic N) is 1. The third-order valence-corrected chi connectivity index (χ3v) is 4.33. The highest BCUT2D eigenvalue weighted by Gasteiger charge is 2.43. The van der Waals surface area contributed by atoms with Crippen LogP contribution >= 0.6 is 0 Å². The van der Waals surface area contributed by atoms with E-state index in [4.69, 9.17) is 0 Å². The van der Waals surface area contributed by atoms with Gasteiger partial charge >= 0.3 is 12.6 Å². The van der Waals surface area contributed by atoms with Gasteiger partial charge in [-0.25, -0.2) is 4.79 Å². The SMILES string of the molecule is C[C@H]1C(=O)N(C[C@H](O)c2ccc(OC(F)F)cc2)C(=O)N1c1ccccc1. The van der Waals surface area contributed by atoms with E-state index in [1.807, 2.05) is 0 Å². The predicted octanol–water partition coefficient (Wildman–Crippen LogP) is 3.18. The molecule has 0 unspecified atom stereocenters. The van der Waals surface area contributed by atoms with Crippen molar-refractivity contribution in [3.05, 3.63) is 60.2 Å². The fraction of sp³-hybridized carbons (Fsp3) is 0.263. The first-order valence-corrected chi connectivity index (χ1v) is 8.31. The number of aliphatic hydroxyl groups excluding tert-OH is 1. The topological polar surface area (TPSA) is 70.1 Å². The molecule has 0 saturated carbocycles. The van der Waals surface area contributed by atoms with E-state index in [0.717, 1.165) is 4.90 Å². The third-order valence-electron chi connectivity index (χ3n) is 4.33. The summed E-state index contributed by atoms with van der Waals surface area (Å²) in [7, 11) is 0. The normalized spacial score (nSPS) is 18.3. The zero-order valence-electron chi connectivity index (χ0n) is 14.5. The summed E-state index contributed by atoms with van der Waals surface area (Å²) in [6.45, 7) is -1.55. The van der Waals surface area contributed by atoms with Crippen LogP contribution < -0.4 is 9.64 Å². The van der Waals surface area contributed by atoms with Crippen molar-refractivity contribution in [2.24, 2.45) is 0 Å². The Morgan fingerprint density at radius 1 is 1.07 bits per heavy atom. The summed E-state index contributed by atoms with van der Waals surface area (Å²) in [5.74, 6) is -0.460. The number of hydrogen-bond acceptors (Lipinski definition) is 4. The molecule has 0 radical (unpaired) electrons. The molecule has 0 spiro atoms. The second-order valence-corrected chi connectivity index (χ2v) is 6.08. The predicted molar refractivity (Wildman–Crippen MR) is 93.5 cm³/mol. The van der Waals surface area contributed by atoms with Crippen LogP contribution in [-0.2, 0) is 4.79 Å². The summed E-state index contributed by atoms with van der Waals surface area (Å²) in [4.78, 5) is 27.5. The molecule has 2 atom stereocenters. The van der Waals surface area contributed by atoms with Gasteiger partial charge in [-0.1, -0.05) is 30.3 Å². The van der Waals surface area contributed by atoms with E-state index in [9.17, 15) is 23.5 Å². The largest absolute Gasteiger partial charge is 0.435 e. The monoisotopic (exact) mass is 376 g/mol. The van der Waals surface area contributed by atoms with Crippen molar-refractivity contribution in [3.63, 3.8) is 0 Å². The lowest BCUT2D eigenvalue weighted by atomic mass is 10.1. The zero-order valence-corrected chi connectivity index (χ0v) is 14.5. The van der Waals surface area contributed by atoms with Gasteiger partial charge in [-0.15, -0.1) is 0 Å². The van der Waals surface area contributed by atoms with Gasteiger partial charge in [0.1, 0.15) is 11.8 Å². The molecule has 1 N–H and O–H groups in total. The summed E-state index contributed by atoms with van der Waals surface area (Å²) < 4.78 is 28.6. The highest BCUT2D eigenvalue weighted by atomic mass is 19.3. The molecule has 8 heteroatoms. The number of urea groups is 1. The lowest BCUT2D eigenvalue weighted by Gasteiger charge is -2.20. The van der Waals surface area contributed by atoms with Gasteiger partial charge in [-0.3, -0.25) is 14.6 Å². The minimum absolute atomic E-state index is 0.0434. The number of rotatable bonds is 6. The Morgan fingerprint density at radius 2 is 1.70 bits per heavy atom. The van der Waals surface area contributed by atoms with E-state index in [2.05, 4.69) is 4.74 Å². The lowest BCUT2D eigenvalue weighted by molar-refractivity contribution is -0.127. The van der Waals surface area contributed by atoms with E-state index in [0.29, 0.717) is 11.3 Å². The number of para-hydroxylation sites is 1. The van der Waals surface area contributed by atoms with Gasteiger partial charge in [0.05, 0.1) is 12.6 Å². The Morgan fingerprint density at radius 3 is 2.30 bits per heavy atom. The van der Waals surface area contributed by atoms with Crippen LogP contribution in [0.3, 0.4) is 0 Å². The van der Waals surface area contributed by atoms with Gasteiger partial charge in [-0.2, -0.15) is 8.78 Å². The Bertz CT molecular complexity index is 814. The number of aliphatic hydroxyl groups is 1. The number of hydrogen-bond donors (Lipinski definition) is 1. The smallest absolute Gasteiger partial charge is 0.387 e. The quantitative estimate of drug-likeness (QED) is 0.786. The Hall–Kier alpha value is -3.00. The molecule has 0 aliphatic carbocycles. The van der Waals surface area contributed by atoms with E-state index < -0.39 is 30.7 Å². The first-order chi connectivity index (χ1) is 12.9. The molecule has 0 aromatic heterocycles. The minimum atomic E-state index is -2.94. The van der Waals surface area contributed by atoms with E-state index in [-0.39, 0.29) is 12.3 Å². The molecule has 1 fully saturated rings. The standard InChI is InChI=1S/C19H18F2N2O4/c1-12-17(25)22(19(26)23(12)14-5-3-2-4-6-14)11-16(24)13-7-9-15(10-8-13)27-18(20)21/h2-10,12,16,18,24H,11H2,1H3/t12-,16-/m0/s1.